The molecule has 1 fully saturated rings. The third kappa shape index (κ3) is 5.35. The van der Waals surface area contributed by atoms with Gasteiger partial charge in [-0.25, -0.2) is 0 Å². The molecule has 0 aromatic heterocycles. The topological polar surface area (TPSA) is 24.5 Å². The van der Waals surface area contributed by atoms with Crippen LogP contribution in [0.2, 0.25) is 0 Å². The molecule has 0 radical (unpaired) electrons. The summed E-state index contributed by atoms with van der Waals surface area (Å²) in [5.74, 6) is 2.54. The summed E-state index contributed by atoms with van der Waals surface area (Å²) in [4.78, 5) is 6.48. The fraction of sp³-hybridized carbons (Fsp3) is 0.800. The standard InChI is InChI=1S/C10H15F3N2O/c1-2-5-15-6-3-9(4-7-15)14-16-8-10(11,12)13/h1,9,14H,3-8H2. The Morgan fingerprint density at radius 1 is 1.38 bits per heavy atom. The van der Waals surface area contributed by atoms with Crippen LogP contribution < -0.4 is 5.48 Å². The lowest BCUT2D eigenvalue weighted by Crippen LogP contribution is -2.43. The monoisotopic (exact) mass is 236 g/mol. The number of hydrogen-bond donors (Lipinski definition) is 1. The van der Waals surface area contributed by atoms with E-state index in [1.807, 2.05) is 0 Å². The number of nitrogens with zero attached hydrogens (tertiary/aromatic N) is 1. The van der Waals surface area contributed by atoms with Gasteiger partial charge >= 0.3 is 6.18 Å². The van der Waals surface area contributed by atoms with Crippen LogP contribution >= 0.6 is 0 Å². The third-order valence-corrected chi connectivity index (χ3v) is 2.39. The number of piperidine rings is 1. The van der Waals surface area contributed by atoms with Crippen LogP contribution in [0.3, 0.4) is 0 Å². The summed E-state index contributed by atoms with van der Waals surface area (Å²) in [6.45, 7) is 0.919. The van der Waals surface area contributed by atoms with Crippen molar-refractivity contribution in [3.8, 4) is 12.3 Å². The number of likely N-dealkylation sites (tertiary alicyclic amines) is 1. The predicted octanol–water partition coefficient (Wildman–Crippen LogP) is 1.17. The summed E-state index contributed by atoms with van der Waals surface area (Å²) >= 11 is 0. The smallest absolute Gasteiger partial charge is 0.292 e. The van der Waals surface area contributed by atoms with Crippen molar-refractivity contribution in [2.45, 2.75) is 25.1 Å². The van der Waals surface area contributed by atoms with Crippen molar-refractivity contribution in [3.05, 3.63) is 0 Å². The van der Waals surface area contributed by atoms with E-state index in [4.69, 9.17) is 6.42 Å². The average molecular weight is 236 g/mol. The highest BCUT2D eigenvalue weighted by molar-refractivity contribution is 4.90. The van der Waals surface area contributed by atoms with Gasteiger partial charge in [-0.15, -0.1) is 6.42 Å². The van der Waals surface area contributed by atoms with Crippen molar-refractivity contribution in [2.75, 3.05) is 26.2 Å². The minimum Gasteiger partial charge on any atom is -0.292 e. The Bertz CT molecular complexity index is 241. The first-order valence-corrected chi connectivity index (χ1v) is 5.11. The lowest BCUT2D eigenvalue weighted by Gasteiger charge is -2.30. The zero-order valence-electron chi connectivity index (χ0n) is 8.89. The molecule has 0 aliphatic carbocycles. The van der Waals surface area contributed by atoms with Gasteiger partial charge in [0.25, 0.3) is 0 Å². The number of hydroxylamine groups is 1. The molecule has 3 nitrogen and oxygen atoms in total. The maximum absolute atomic E-state index is 11.8. The lowest BCUT2D eigenvalue weighted by atomic mass is 10.1. The van der Waals surface area contributed by atoms with E-state index in [2.05, 4.69) is 21.1 Å². The fourth-order valence-electron chi connectivity index (χ4n) is 1.58. The Morgan fingerprint density at radius 2 is 2.00 bits per heavy atom. The van der Waals surface area contributed by atoms with Crippen LogP contribution in [0.5, 0.6) is 0 Å². The van der Waals surface area contributed by atoms with Gasteiger partial charge in [0.05, 0.1) is 6.54 Å². The molecule has 92 valence electrons. The second-order valence-electron chi connectivity index (χ2n) is 3.78. The van der Waals surface area contributed by atoms with Crippen LogP contribution in [0.4, 0.5) is 13.2 Å². The zero-order valence-corrected chi connectivity index (χ0v) is 8.89. The van der Waals surface area contributed by atoms with Gasteiger partial charge in [-0.3, -0.25) is 9.74 Å². The van der Waals surface area contributed by atoms with E-state index >= 15 is 0 Å². The second-order valence-corrected chi connectivity index (χ2v) is 3.78. The SMILES string of the molecule is C#CCN1CCC(NOCC(F)(F)F)CC1. The second kappa shape index (κ2) is 6.09. The molecule has 0 unspecified atom stereocenters. The van der Waals surface area contributed by atoms with Gasteiger partial charge in [0.1, 0.15) is 0 Å². The normalized spacial score (nSPS) is 19.6. The lowest BCUT2D eigenvalue weighted by molar-refractivity contribution is -0.194. The van der Waals surface area contributed by atoms with Crippen molar-refractivity contribution in [2.24, 2.45) is 0 Å². The summed E-state index contributed by atoms with van der Waals surface area (Å²) in [5, 5.41) is 0. The van der Waals surface area contributed by atoms with E-state index in [1.165, 1.54) is 0 Å². The average Bonchev–Trinajstić information content (AvgIpc) is 2.19. The van der Waals surface area contributed by atoms with Crippen molar-refractivity contribution in [1.82, 2.24) is 10.4 Å². The summed E-state index contributed by atoms with van der Waals surface area (Å²) in [5.41, 5.74) is 2.44. The van der Waals surface area contributed by atoms with Crippen molar-refractivity contribution in [3.63, 3.8) is 0 Å². The molecule has 1 N–H and O–H groups in total. The van der Waals surface area contributed by atoms with Crippen LogP contribution in [0.15, 0.2) is 0 Å². The Morgan fingerprint density at radius 3 is 2.50 bits per heavy atom. The van der Waals surface area contributed by atoms with Crippen molar-refractivity contribution < 1.29 is 18.0 Å². The van der Waals surface area contributed by atoms with Gasteiger partial charge < -0.3 is 0 Å². The van der Waals surface area contributed by atoms with Crippen LogP contribution in [-0.4, -0.2) is 43.4 Å². The van der Waals surface area contributed by atoms with Gasteiger partial charge in [-0.05, 0) is 12.8 Å². The Hall–Kier alpha value is -0.770. The van der Waals surface area contributed by atoms with Crippen molar-refractivity contribution in [1.29, 1.82) is 0 Å². The molecule has 0 saturated carbocycles. The first-order valence-electron chi connectivity index (χ1n) is 5.11. The quantitative estimate of drug-likeness (QED) is 0.585. The molecule has 1 aliphatic heterocycles. The summed E-state index contributed by atoms with van der Waals surface area (Å²) in [6.07, 6.45) is 2.38. The van der Waals surface area contributed by atoms with E-state index in [-0.39, 0.29) is 6.04 Å². The minimum absolute atomic E-state index is 0.0172. The number of hydrogen-bond acceptors (Lipinski definition) is 3. The van der Waals surface area contributed by atoms with Crippen LogP contribution in [0.25, 0.3) is 0 Å². The molecule has 0 spiro atoms. The maximum Gasteiger partial charge on any atom is 0.413 e. The zero-order chi connectivity index (χ0) is 12.0. The van der Waals surface area contributed by atoms with Crippen molar-refractivity contribution >= 4 is 0 Å². The first-order chi connectivity index (χ1) is 7.51. The Labute approximate surface area is 92.9 Å². The largest absolute Gasteiger partial charge is 0.413 e. The molecule has 0 atom stereocenters. The molecular formula is C10H15F3N2O. The summed E-state index contributed by atoms with van der Waals surface area (Å²) in [6, 6.07) is -0.0172. The molecular weight excluding hydrogens is 221 g/mol. The van der Waals surface area contributed by atoms with Gasteiger partial charge in [0, 0.05) is 19.1 Å². The number of rotatable bonds is 4. The fourth-order valence-corrected chi connectivity index (χ4v) is 1.58. The molecule has 6 heteroatoms. The number of halogens is 3. The molecule has 16 heavy (non-hydrogen) atoms. The van der Waals surface area contributed by atoms with E-state index in [0.29, 0.717) is 6.54 Å². The highest BCUT2D eigenvalue weighted by Gasteiger charge is 2.28. The Balaban J connectivity index is 2.11. The van der Waals surface area contributed by atoms with Crippen LogP contribution in [0, 0.1) is 12.3 Å². The summed E-state index contributed by atoms with van der Waals surface area (Å²) in [7, 11) is 0. The van der Waals surface area contributed by atoms with Gasteiger partial charge in [0.2, 0.25) is 0 Å². The molecule has 1 heterocycles. The van der Waals surface area contributed by atoms with E-state index in [1.54, 1.807) is 0 Å². The molecule has 1 aliphatic rings. The highest BCUT2D eigenvalue weighted by Crippen LogP contribution is 2.15. The van der Waals surface area contributed by atoms with Gasteiger partial charge in [-0.2, -0.15) is 18.7 Å². The minimum atomic E-state index is -4.28. The van der Waals surface area contributed by atoms with Crippen LogP contribution in [0.1, 0.15) is 12.8 Å². The molecule has 0 aromatic carbocycles. The van der Waals surface area contributed by atoms with E-state index in [9.17, 15) is 13.2 Å². The van der Waals surface area contributed by atoms with E-state index < -0.39 is 12.8 Å². The first kappa shape index (κ1) is 13.3. The number of terminal acetylenes is 1. The Kier molecular flexibility index (Phi) is 5.06. The van der Waals surface area contributed by atoms with Gasteiger partial charge in [0.15, 0.2) is 6.61 Å². The molecule has 1 rings (SSSR count). The summed E-state index contributed by atoms with van der Waals surface area (Å²) < 4.78 is 35.3. The predicted molar refractivity (Wildman–Crippen MR) is 53.4 cm³/mol. The molecule has 1 saturated heterocycles. The van der Waals surface area contributed by atoms with Gasteiger partial charge in [-0.1, -0.05) is 5.92 Å². The molecule has 0 bridgehead atoms. The third-order valence-electron chi connectivity index (χ3n) is 2.39. The molecule has 0 amide bonds. The molecule has 0 aromatic rings. The van der Waals surface area contributed by atoms with E-state index in [0.717, 1.165) is 25.9 Å². The number of alkyl halides is 3. The highest BCUT2D eigenvalue weighted by atomic mass is 19.4. The maximum atomic E-state index is 11.8. The number of nitrogens with one attached hydrogen (secondary N) is 1. The van der Waals surface area contributed by atoms with Crippen LogP contribution in [-0.2, 0) is 4.84 Å².